The van der Waals surface area contributed by atoms with Gasteiger partial charge in [0.25, 0.3) is 11.3 Å². The lowest BCUT2D eigenvalue weighted by molar-refractivity contribution is -0.741. The van der Waals surface area contributed by atoms with Crippen molar-refractivity contribution in [3.8, 4) is 11.3 Å². The van der Waals surface area contributed by atoms with Crippen molar-refractivity contribution in [3.63, 3.8) is 0 Å². The molecular weight excluding hydrogens is 469 g/mol. The largest absolute Gasteiger partial charge is 0.422 e. The molecule has 1 N–H and O–H groups in total. The van der Waals surface area contributed by atoms with Crippen molar-refractivity contribution in [1.29, 1.82) is 0 Å². The molecule has 1 aliphatic rings. The molecule has 0 fully saturated rings. The monoisotopic (exact) mass is 491 g/mol. The molecule has 0 amide bonds. The van der Waals surface area contributed by atoms with E-state index in [4.69, 9.17) is 4.42 Å². The summed E-state index contributed by atoms with van der Waals surface area (Å²) in [6, 6.07) is 4.07. The second kappa shape index (κ2) is 7.47. The second-order valence-corrected chi connectivity index (χ2v) is 8.83. The molecule has 10 heteroatoms. The molecule has 35 heavy (non-hydrogen) atoms. The van der Waals surface area contributed by atoms with Gasteiger partial charge in [0.05, 0.1) is 5.56 Å². The van der Waals surface area contributed by atoms with Crippen LogP contribution < -0.4 is 20.7 Å². The molecule has 0 unspecified atom stereocenters. The number of aryl methyl sites for hydroxylation is 2. The van der Waals surface area contributed by atoms with Gasteiger partial charge in [0.1, 0.15) is 23.2 Å². The zero-order valence-corrected chi connectivity index (χ0v) is 19.4. The molecule has 4 aromatic rings. The van der Waals surface area contributed by atoms with Gasteiger partial charge in [0, 0.05) is 37.5 Å². The molecule has 0 atom stereocenters. The number of nitrogens with zero attached hydrogens (tertiary/aromatic N) is 2. The first-order valence-electron chi connectivity index (χ1n) is 11.2. The first-order valence-corrected chi connectivity index (χ1v) is 11.2. The number of oxazole rings is 1. The van der Waals surface area contributed by atoms with Gasteiger partial charge in [0.15, 0.2) is 12.0 Å². The van der Waals surface area contributed by atoms with Crippen molar-refractivity contribution in [1.82, 2.24) is 4.40 Å². The number of fused-ring (bicyclic) bond motifs is 4. The third-order valence-corrected chi connectivity index (χ3v) is 7.04. The molecule has 182 valence electrons. The van der Waals surface area contributed by atoms with Crippen LogP contribution >= 0.6 is 0 Å². The Hall–Kier alpha value is -3.56. The zero-order chi connectivity index (χ0) is 25.4. The Kier molecular flexibility index (Phi) is 4.95. The highest BCUT2D eigenvalue weighted by molar-refractivity contribution is 5.84. The van der Waals surface area contributed by atoms with Gasteiger partial charge < -0.3 is 4.42 Å². The van der Waals surface area contributed by atoms with Gasteiger partial charge >= 0.3 is 17.3 Å². The highest BCUT2D eigenvalue weighted by Gasteiger charge is 2.53. The molecule has 4 heterocycles. The summed E-state index contributed by atoms with van der Waals surface area (Å²) in [6.07, 6.45) is -1.29. The average Bonchev–Trinajstić information content (AvgIpc) is 3.31. The summed E-state index contributed by atoms with van der Waals surface area (Å²) in [6.45, 7) is 7.17. The number of aromatic nitrogens is 3. The fraction of sp³-hybridized carbons (Fsp3) is 0.320. The molecule has 1 aromatic carbocycles. The molecule has 1 aliphatic heterocycles. The van der Waals surface area contributed by atoms with E-state index in [-0.39, 0.29) is 33.5 Å². The molecule has 5 rings (SSSR count). The van der Waals surface area contributed by atoms with Gasteiger partial charge in [-0.3, -0.25) is 0 Å². The smallest absolute Gasteiger partial charge is 0.382 e. The molecule has 0 aliphatic carbocycles. The highest BCUT2D eigenvalue weighted by atomic mass is 19.4. The van der Waals surface area contributed by atoms with Crippen LogP contribution in [0.2, 0.25) is 0 Å². The lowest BCUT2D eigenvalue weighted by atomic mass is 9.74. The van der Waals surface area contributed by atoms with Crippen LogP contribution in [-0.4, -0.2) is 4.40 Å². The van der Waals surface area contributed by atoms with E-state index in [1.54, 1.807) is 36.7 Å². The fourth-order valence-electron chi connectivity index (χ4n) is 5.37. The summed E-state index contributed by atoms with van der Waals surface area (Å²) < 4.78 is 80.6. The lowest BCUT2D eigenvalue weighted by Crippen LogP contribution is -2.61. The summed E-state index contributed by atoms with van der Waals surface area (Å²) in [5, 5.41) is 0. The summed E-state index contributed by atoms with van der Waals surface area (Å²) in [4.78, 5) is 15.6. The van der Waals surface area contributed by atoms with Crippen LogP contribution in [0.25, 0.3) is 22.3 Å². The number of pyridine rings is 1. The molecular formula is C25H22F5N3O2+2. The Morgan fingerprint density at radius 3 is 2.46 bits per heavy atom. The van der Waals surface area contributed by atoms with Crippen LogP contribution in [0.15, 0.2) is 39.8 Å². The quantitative estimate of drug-likeness (QED) is 0.314. The van der Waals surface area contributed by atoms with Crippen LogP contribution in [0.4, 0.5) is 22.0 Å². The van der Waals surface area contributed by atoms with Crippen LogP contribution in [0.1, 0.15) is 49.2 Å². The standard InChI is InChI=1S/C25H21F5N3O2/c1-5-24(6-2)19(22-33-13(4)31-11-17(33)23(34)35-22)14-10-15(26)20(25(28,29)30)21(27)18(14)16-9-12(3)7-8-32(16)24/h7-11H,5-6H2,1-4H3/q+1/p+1. The number of hydrogen-bond acceptors (Lipinski definition) is 2. The van der Waals surface area contributed by atoms with Gasteiger partial charge in [0.2, 0.25) is 11.2 Å². The maximum Gasteiger partial charge on any atom is 0.422 e. The van der Waals surface area contributed by atoms with E-state index in [0.717, 1.165) is 0 Å². The fourth-order valence-corrected chi connectivity index (χ4v) is 5.37. The normalized spacial score (nSPS) is 16.5. The predicted molar refractivity (Wildman–Crippen MR) is 115 cm³/mol. The number of alkyl halides is 3. The first-order chi connectivity index (χ1) is 16.5. The molecule has 0 saturated heterocycles. The van der Waals surface area contributed by atoms with E-state index < -0.39 is 34.5 Å². The third-order valence-electron chi connectivity index (χ3n) is 7.04. The Balaban J connectivity index is 2.11. The number of benzene rings is 1. The van der Waals surface area contributed by atoms with Crippen molar-refractivity contribution >= 4 is 11.1 Å². The van der Waals surface area contributed by atoms with Gasteiger partial charge in [-0.1, -0.05) is 13.8 Å². The maximum atomic E-state index is 15.7. The predicted octanol–water partition coefficient (Wildman–Crippen LogP) is 4.02. The van der Waals surface area contributed by atoms with Crippen LogP contribution in [-0.2, 0) is 11.7 Å². The van der Waals surface area contributed by atoms with E-state index >= 15 is 4.39 Å². The average molecular weight is 491 g/mol. The van der Waals surface area contributed by atoms with E-state index in [9.17, 15) is 22.4 Å². The van der Waals surface area contributed by atoms with Crippen molar-refractivity contribution in [2.45, 2.75) is 52.3 Å². The Morgan fingerprint density at radius 1 is 1.14 bits per heavy atom. The van der Waals surface area contributed by atoms with E-state index in [0.29, 0.717) is 30.3 Å². The van der Waals surface area contributed by atoms with E-state index in [1.165, 1.54) is 10.6 Å². The Bertz CT molecular complexity index is 1630. The number of hydrogen-bond donors (Lipinski definition) is 0. The van der Waals surface area contributed by atoms with Crippen molar-refractivity contribution in [2.24, 2.45) is 0 Å². The summed E-state index contributed by atoms with van der Waals surface area (Å²) >= 11 is 0. The Labute approximate surface area is 196 Å². The van der Waals surface area contributed by atoms with Gasteiger partial charge in [-0.15, -0.1) is 0 Å². The number of aromatic amines is 1. The minimum Gasteiger partial charge on any atom is -0.382 e. The van der Waals surface area contributed by atoms with Crippen LogP contribution in [0.3, 0.4) is 0 Å². The number of halogens is 5. The lowest BCUT2D eigenvalue weighted by Gasteiger charge is -2.34. The maximum absolute atomic E-state index is 15.7. The molecule has 0 spiro atoms. The topological polar surface area (TPSA) is 52.6 Å². The number of nitrogens with one attached hydrogen (secondary N) is 1. The molecule has 3 aromatic heterocycles. The first kappa shape index (κ1) is 23.2. The minimum atomic E-state index is -5.24. The highest BCUT2D eigenvalue weighted by Crippen LogP contribution is 2.47. The van der Waals surface area contributed by atoms with Gasteiger partial charge in [-0.25, -0.2) is 18.6 Å². The molecule has 5 nitrogen and oxygen atoms in total. The van der Waals surface area contributed by atoms with Crippen molar-refractivity contribution < 1.29 is 35.9 Å². The summed E-state index contributed by atoms with van der Waals surface area (Å²) in [7, 11) is 0. The number of rotatable bonds is 2. The second-order valence-electron chi connectivity index (χ2n) is 8.83. The zero-order valence-electron chi connectivity index (χ0n) is 19.4. The van der Waals surface area contributed by atoms with Crippen LogP contribution in [0.5, 0.6) is 0 Å². The Morgan fingerprint density at radius 2 is 1.83 bits per heavy atom. The number of H-pyrrole nitrogens is 1. The van der Waals surface area contributed by atoms with Crippen molar-refractivity contribution in [2.75, 3.05) is 0 Å². The molecule has 0 saturated carbocycles. The van der Waals surface area contributed by atoms with Crippen molar-refractivity contribution in [3.05, 3.63) is 80.7 Å². The summed E-state index contributed by atoms with van der Waals surface area (Å²) in [5.41, 5.74) is -2.74. The molecule has 0 bridgehead atoms. The third kappa shape index (κ3) is 3.01. The van der Waals surface area contributed by atoms with E-state index in [1.807, 2.05) is 13.8 Å². The minimum absolute atomic E-state index is 0.0194. The molecule has 0 radical (unpaired) electrons. The SMILES string of the molecule is CCC1(CC)C(=c2oc(=O)c3c[nH+]c(C)n23)c2cc(F)c(C(F)(F)F)c(F)c2-c2cc(C)cc[n+]21. The van der Waals surface area contributed by atoms with E-state index in [2.05, 4.69) is 4.98 Å². The summed E-state index contributed by atoms with van der Waals surface area (Å²) in [5.74, 6) is -2.91. The van der Waals surface area contributed by atoms with Crippen LogP contribution in [0, 0.1) is 25.5 Å². The van der Waals surface area contributed by atoms with Gasteiger partial charge in [-0.2, -0.15) is 22.1 Å². The number of imidazole rings is 1. The van der Waals surface area contributed by atoms with Gasteiger partial charge in [-0.05, 0) is 18.6 Å².